The topological polar surface area (TPSA) is 50.4 Å². The molecule has 0 amide bonds. The van der Waals surface area contributed by atoms with Gasteiger partial charge in [-0.2, -0.15) is 0 Å². The summed E-state index contributed by atoms with van der Waals surface area (Å²) in [6.07, 6.45) is 0. The van der Waals surface area contributed by atoms with Gasteiger partial charge in [-0.05, 0) is 24.3 Å². The van der Waals surface area contributed by atoms with Crippen LogP contribution in [0.2, 0.25) is 0 Å². The van der Waals surface area contributed by atoms with E-state index in [0.717, 1.165) is 0 Å². The van der Waals surface area contributed by atoms with Gasteiger partial charge in [0.15, 0.2) is 0 Å². The zero-order chi connectivity index (χ0) is 8.97. The third kappa shape index (κ3) is 2.39. The van der Waals surface area contributed by atoms with Crippen LogP contribution in [-0.4, -0.2) is 5.96 Å². The number of anilines is 1. The van der Waals surface area contributed by atoms with E-state index in [1.807, 2.05) is 0 Å². The largest absolute Gasteiger partial charge is 0.369 e. The second-order valence-corrected chi connectivity index (χ2v) is 2.27. The zero-order valence-corrected chi connectivity index (χ0v) is 6.85. The van der Waals surface area contributed by atoms with Gasteiger partial charge in [0.05, 0.1) is 0 Å². The van der Waals surface area contributed by atoms with Crippen LogP contribution in [0, 0.1) is 5.82 Å². The first-order chi connectivity index (χ1) is 5.72. The Morgan fingerprint density at radius 1 is 1.42 bits per heavy atom. The van der Waals surface area contributed by atoms with Crippen LogP contribution in [-0.2, 0) is 0 Å². The van der Waals surface area contributed by atoms with Crippen LogP contribution in [0.5, 0.6) is 0 Å². The van der Waals surface area contributed by atoms with Crippen molar-refractivity contribution in [2.45, 2.75) is 0 Å². The predicted octanol–water partition coefficient (Wildman–Crippen LogP) is 1.71. The second-order valence-electron chi connectivity index (χ2n) is 2.10. The molecular weight excluding hydrogens is 181 g/mol. The fourth-order valence-corrected chi connectivity index (χ4v) is 0.744. The van der Waals surface area contributed by atoms with E-state index in [0.29, 0.717) is 5.69 Å². The van der Waals surface area contributed by atoms with E-state index in [-0.39, 0.29) is 11.8 Å². The average molecular weight is 188 g/mol. The van der Waals surface area contributed by atoms with Crippen molar-refractivity contribution in [2.24, 2.45) is 10.2 Å². The fourth-order valence-electron chi connectivity index (χ4n) is 0.702. The molecule has 0 aliphatic carbocycles. The van der Waals surface area contributed by atoms with Crippen LogP contribution < -0.4 is 11.1 Å². The number of hydrogen-bond acceptors (Lipinski definition) is 1. The van der Waals surface area contributed by atoms with Crippen molar-refractivity contribution in [2.75, 3.05) is 5.32 Å². The van der Waals surface area contributed by atoms with E-state index < -0.39 is 0 Å². The second kappa shape index (κ2) is 3.92. The van der Waals surface area contributed by atoms with E-state index >= 15 is 0 Å². The van der Waals surface area contributed by atoms with Crippen LogP contribution in [0.25, 0.3) is 0 Å². The molecule has 0 fully saturated rings. The number of benzene rings is 1. The molecular formula is C7H7ClFN3. The molecule has 12 heavy (non-hydrogen) atoms. The summed E-state index contributed by atoms with van der Waals surface area (Å²) in [4.78, 5) is 0. The van der Waals surface area contributed by atoms with Gasteiger partial charge in [-0.25, -0.2) is 4.39 Å². The number of guanidine groups is 1. The summed E-state index contributed by atoms with van der Waals surface area (Å²) in [5, 5.41) is 2.65. The minimum Gasteiger partial charge on any atom is -0.369 e. The van der Waals surface area contributed by atoms with Gasteiger partial charge >= 0.3 is 0 Å². The molecule has 0 aliphatic rings. The molecule has 0 aromatic heterocycles. The summed E-state index contributed by atoms with van der Waals surface area (Å²) in [5.41, 5.74) is 5.89. The summed E-state index contributed by atoms with van der Waals surface area (Å²) in [6, 6.07) is 5.68. The Bertz CT molecular complexity index is 283. The third-order valence-electron chi connectivity index (χ3n) is 1.21. The molecule has 0 saturated heterocycles. The van der Waals surface area contributed by atoms with Gasteiger partial charge in [0.2, 0.25) is 5.96 Å². The van der Waals surface area contributed by atoms with Gasteiger partial charge in [-0.15, -0.1) is 4.51 Å². The number of halogens is 2. The van der Waals surface area contributed by atoms with Crippen LogP contribution in [0.15, 0.2) is 28.8 Å². The molecule has 1 aromatic carbocycles. The quantitative estimate of drug-likeness (QED) is 0.520. The molecule has 0 saturated carbocycles. The lowest BCUT2D eigenvalue weighted by Crippen LogP contribution is -2.21. The number of hydrogen-bond donors (Lipinski definition) is 2. The van der Waals surface area contributed by atoms with E-state index in [4.69, 9.17) is 17.5 Å². The predicted molar refractivity (Wildman–Crippen MR) is 47.5 cm³/mol. The molecule has 0 radical (unpaired) electrons. The summed E-state index contributed by atoms with van der Waals surface area (Å²) in [6.45, 7) is 0. The molecule has 5 heteroatoms. The van der Waals surface area contributed by atoms with Crippen LogP contribution in [0.1, 0.15) is 0 Å². The monoisotopic (exact) mass is 187 g/mol. The van der Waals surface area contributed by atoms with Crippen molar-refractivity contribution >= 4 is 23.4 Å². The first-order valence-corrected chi connectivity index (χ1v) is 3.53. The van der Waals surface area contributed by atoms with Crippen molar-refractivity contribution < 1.29 is 4.39 Å². The molecule has 64 valence electrons. The van der Waals surface area contributed by atoms with Gasteiger partial charge in [0.25, 0.3) is 0 Å². The average Bonchev–Trinajstić information content (AvgIpc) is 2.09. The summed E-state index contributed by atoms with van der Waals surface area (Å²) >= 11 is 5.06. The van der Waals surface area contributed by atoms with E-state index in [1.54, 1.807) is 0 Å². The Morgan fingerprint density at radius 2 is 2.00 bits per heavy atom. The smallest absolute Gasteiger partial charge is 0.210 e. The molecule has 0 spiro atoms. The minimum atomic E-state index is -0.304. The van der Waals surface area contributed by atoms with Gasteiger partial charge in [-0.1, -0.05) is 0 Å². The molecule has 1 aromatic rings. The highest BCUT2D eigenvalue weighted by atomic mass is 35.5. The number of nitrogens with one attached hydrogen (secondary N) is 1. The summed E-state index contributed by atoms with van der Waals surface area (Å²) in [7, 11) is 0. The Kier molecular flexibility index (Phi) is 2.88. The maximum absolute atomic E-state index is 12.4. The van der Waals surface area contributed by atoms with Gasteiger partial charge < -0.3 is 11.1 Å². The standard InChI is InChI=1S/C7H7ClFN3/c8-12-7(10)11-6-3-1-5(9)2-4-6/h1-4H,(H3,10,11,12). The number of nitrogens with two attached hydrogens (primary N) is 1. The maximum Gasteiger partial charge on any atom is 0.210 e. The first kappa shape index (κ1) is 8.80. The lowest BCUT2D eigenvalue weighted by molar-refractivity contribution is 0.628. The third-order valence-corrected chi connectivity index (χ3v) is 1.39. The number of nitrogens with zero attached hydrogens (tertiary/aromatic N) is 1. The summed E-state index contributed by atoms with van der Waals surface area (Å²) in [5.74, 6) is -0.231. The molecule has 1 rings (SSSR count). The van der Waals surface area contributed by atoms with E-state index in [2.05, 4.69) is 9.83 Å². The van der Waals surface area contributed by atoms with Crippen LogP contribution in [0.4, 0.5) is 10.1 Å². The highest BCUT2D eigenvalue weighted by Crippen LogP contribution is 2.07. The zero-order valence-electron chi connectivity index (χ0n) is 6.09. The lowest BCUT2D eigenvalue weighted by Gasteiger charge is -2.02. The fraction of sp³-hybridized carbons (Fsp3) is 0. The normalized spacial score (nSPS) is 11.3. The maximum atomic E-state index is 12.4. The van der Waals surface area contributed by atoms with Gasteiger partial charge in [-0.3, -0.25) is 0 Å². The molecule has 3 nitrogen and oxygen atoms in total. The number of rotatable bonds is 1. The highest BCUT2D eigenvalue weighted by molar-refractivity contribution is 6.20. The highest BCUT2D eigenvalue weighted by Gasteiger charge is 1.93. The molecule has 0 aliphatic heterocycles. The van der Waals surface area contributed by atoms with Gasteiger partial charge in [0.1, 0.15) is 5.82 Å². The molecule has 0 unspecified atom stereocenters. The van der Waals surface area contributed by atoms with Gasteiger partial charge in [0, 0.05) is 17.5 Å². The molecule has 3 N–H and O–H groups in total. The van der Waals surface area contributed by atoms with Crippen molar-refractivity contribution in [3.8, 4) is 0 Å². The van der Waals surface area contributed by atoms with Crippen molar-refractivity contribution in [3.63, 3.8) is 0 Å². The van der Waals surface area contributed by atoms with Crippen molar-refractivity contribution in [3.05, 3.63) is 30.1 Å². The minimum absolute atomic E-state index is 0.0725. The Hall–Kier alpha value is -1.29. The van der Waals surface area contributed by atoms with E-state index in [1.165, 1.54) is 24.3 Å². The molecule has 0 bridgehead atoms. The molecule has 0 atom stereocenters. The summed E-state index contributed by atoms with van der Waals surface area (Å²) < 4.78 is 15.6. The molecule has 0 heterocycles. The Labute approximate surface area is 74.2 Å². The van der Waals surface area contributed by atoms with Crippen LogP contribution >= 0.6 is 11.8 Å². The van der Waals surface area contributed by atoms with Crippen LogP contribution in [0.3, 0.4) is 0 Å². The lowest BCUT2D eigenvalue weighted by atomic mass is 10.3. The SMILES string of the molecule is NC(=NCl)Nc1ccc(F)cc1. The Balaban J connectivity index is 2.71. The van der Waals surface area contributed by atoms with Crippen molar-refractivity contribution in [1.29, 1.82) is 0 Å². The first-order valence-electron chi connectivity index (χ1n) is 3.19. The Morgan fingerprint density at radius 3 is 2.50 bits per heavy atom. The van der Waals surface area contributed by atoms with E-state index in [9.17, 15) is 4.39 Å². The van der Waals surface area contributed by atoms with Crippen molar-refractivity contribution in [1.82, 2.24) is 0 Å².